The van der Waals surface area contributed by atoms with Gasteiger partial charge in [-0.15, -0.1) is 0 Å². The third-order valence-corrected chi connectivity index (χ3v) is 3.31. The molecule has 2 aromatic rings. The fourth-order valence-electron chi connectivity index (χ4n) is 2.29. The van der Waals surface area contributed by atoms with Crippen LogP contribution in [0.2, 0.25) is 0 Å². The van der Waals surface area contributed by atoms with Gasteiger partial charge in [0.1, 0.15) is 12.4 Å². The summed E-state index contributed by atoms with van der Waals surface area (Å²) in [5.74, 6) is -0.620. The van der Waals surface area contributed by atoms with E-state index in [9.17, 15) is 9.59 Å². The Morgan fingerprint density at radius 2 is 1.95 bits per heavy atom. The van der Waals surface area contributed by atoms with Gasteiger partial charge in [0.05, 0.1) is 5.56 Å². The zero-order valence-electron chi connectivity index (χ0n) is 11.1. The molecule has 3 rings (SSSR count). The van der Waals surface area contributed by atoms with Gasteiger partial charge in [0, 0.05) is 17.2 Å². The summed E-state index contributed by atoms with van der Waals surface area (Å²) in [5, 5.41) is 8.66. The molecule has 0 saturated heterocycles. The summed E-state index contributed by atoms with van der Waals surface area (Å²) in [5.41, 5.74) is 2.57. The number of fused-ring (bicyclic) bond motifs is 2. The van der Waals surface area contributed by atoms with Crippen molar-refractivity contribution in [2.24, 2.45) is 0 Å². The minimum absolute atomic E-state index is 0.108. The molecule has 0 radical (unpaired) electrons. The summed E-state index contributed by atoms with van der Waals surface area (Å²) in [7, 11) is 0. The van der Waals surface area contributed by atoms with Crippen LogP contribution >= 0.6 is 0 Å². The Hall–Kier alpha value is -2.88. The molecule has 1 heterocycles. The Kier molecular flexibility index (Phi) is 3.28. The van der Waals surface area contributed by atoms with Crippen LogP contribution < -0.4 is 4.74 Å². The lowest BCUT2D eigenvalue weighted by Crippen LogP contribution is -2.02. The summed E-state index contributed by atoms with van der Waals surface area (Å²) < 4.78 is 5.66. The molecule has 104 valence electrons. The van der Waals surface area contributed by atoms with Gasteiger partial charge < -0.3 is 9.84 Å². The highest BCUT2D eigenvalue weighted by atomic mass is 16.5. The molecule has 0 atom stereocenters. The lowest BCUT2D eigenvalue weighted by molar-refractivity contribution is -0.131. The van der Waals surface area contributed by atoms with Gasteiger partial charge >= 0.3 is 5.97 Å². The highest BCUT2D eigenvalue weighted by molar-refractivity contribution is 6.12. The van der Waals surface area contributed by atoms with E-state index in [1.165, 1.54) is 6.08 Å². The third-order valence-electron chi connectivity index (χ3n) is 3.31. The molecule has 1 aliphatic rings. The van der Waals surface area contributed by atoms with Gasteiger partial charge in [-0.3, -0.25) is 4.79 Å². The van der Waals surface area contributed by atoms with E-state index in [1.807, 2.05) is 18.2 Å². The quantitative estimate of drug-likeness (QED) is 0.859. The maximum atomic E-state index is 12.6. The number of ether oxygens (including phenoxy) is 1. The second kappa shape index (κ2) is 5.25. The fraction of sp³-hybridized carbons (Fsp3) is 0.0588. The number of aliphatic carboxylic acids is 1. The van der Waals surface area contributed by atoms with Gasteiger partial charge in [0.15, 0.2) is 5.78 Å². The zero-order valence-corrected chi connectivity index (χ0v) is 11.1. The van der Waals surface area contributed by atoms with Gasteiger partial charge in [0.2, 0.25) is 0 Å². The topological polar surface area (TPSA) is 63.6 Å². The van der Waals surface area contributed by atoms with Crippen LogP contribution in [0.4, 0.5) is 0 Å². The van der Waals surface area contributed by atoms with Crippen molar-refractivity contribution < 1.29 is 19.4 Å². The van der Waals surface area contributed by atoms with Crippen LogP contribution in [0, 0.1) is 0 Å². The number of carboxylic acid groups (broad SMARTS) is 1. The van der Waals surface area contributed by atoms with Crippen molar-refractivity contribution in [2.45, 2.75) is 6.61 Å². The first-order valence-corrected chi connectivity index (χ1v) is 6.45. The SMILES string of the molecule is O=C(O)C=Cc1ccc2c(c1)C(=O)c1ccccc1CO2. The Morgan fingerprint density at radius 3 is 2.76 bits per heavy atom. The zero-order chi connectivity index (χ0) is 14.8. The van der Waals surface area contributed by atoms with E-state index in [-0.39, 0.29) is 5.78 Å². The van der Waals surface area contributed by atoms with Gasteiger partial charge in [0.25, 0.3) is 0 Å². The number of benzene rings is 2. The van der Waals surface area contributed by atoms with E-state index in [0.29, 0.717) is 29.0 Å². The predicted molar refractivity (Wildman–Crippen MR) is 77.3 cm³/mol. The molecule has 21 heavy (non-hydrogen) atoms. The average molecular weight is 280 g/mol. The van der Waals surface area contributed by atoms with Crippen LogP contribution in [0.3, 0.4) is 0 Å². The first-order chi connectivity index (χ1) is 10.1. The third kappa shape index (κ3) is 2.56. The summed E-state index contributed by atoms with van der Waals surface area (Å²) in [6.45, 7) is 0.346. The summed E-state index contributed by atoms with van der Waals surface area (Å²) in [6.07, 6.45) is 2.49. The standard InChI is InChI=1S/C17H12O4/c18-16(19)8-6-11-5-7-15-14(9-11)17(20)13-4-2-1-3-12(13)10-21-15/h1-9H,10H2,(H,18,19). The lowest BCUT2D eigenvalue weighted by Gasteiger charge is -2.06. The Labute approximate surface area is 121 Å². The van der Waals surface area contributed by atoms with Gasteiger partial charge in [-0.1, -0.05) is 30.3 Å². The molecular weight excluding hydrogens is 268 g/mol. The van der Waals surface area contributed by atoms with E-state index in [2.05, 4.69) is 0 Å². The van der Waals surface area contributed by atoms with Crippen molar-refractivity contribution in [1.82, 2.24) is 0 Å². The molecule has 0 unspecified atom stereocenters. The van der Waals surface area contributed by atoms with Crippen LogP contribution in [-0.2, 0) is 11.4 Å². The minimum Gasteiger partial charge on any atom is -0.488 e. The molecule has 0 spiro atoms. The highest BCUT2D eigenvalue weighted by Gasteiger charge is 2.21. The number of carbonyl (C=O) groups excluding carboxylic acids is 1. The van der Waals surface area contributed by atoms with Crippen molar-refractivity contribution in [3.63, 3.8) is 0 Å². The van der Waals surface area contributed by atoms with Crippen molar-refractivity contribution in [2.75, 3.05) is 0 Å². The minimum atomic E-state index is -1.03. The average Bonchev–Trinajstić information content (AvgIpc) is 2.63. The molecule has 0 aliphatic carbocycles. The fourth-order valence-corrected chi connectivity index (χ4v) is 2.29. The van der Waals surface area contributed by atoms with E-state index >= 15 is 0 Å². The molecule has 4 nitrogen and oxygen atoms in total. The Morgan fingerprint density at radius 1 is 1.14 bits per heavy atom. The number of carbonyl (C=O) groups is 2. The first kappa shape index (κ1) is 13.1. The van der Waals surface area contributed by atoms with Crippen molar-refractivity contribution in [3.8, 4) is 5.75 Å². The number of hydrogen-bond donors (Lipinski definition) is 1. The first-order valence-electron chi connectivity index (χ1n) is 6.45. The van der Waals surface area contributed by atoms with E-state index < -0.39 is 5.97 Å². The smallest absolute Gasteiger partial charge is 0.328 e. The number of hydrogen-bond acceptors (Lipinski definition) is 3. The second-order valence-electron chi connectivity index (χ2n) is 4.70. The van der Waals surface area contributed by atoms with Gasteiger partial charge in [-0.05, 0) is 23.8 Å². The van der Waals surface area contributed by atoms with Crippen molar-refractivity contribution >= 4 is 17.8 Å². The maximum absolute atomic E-state index is 12.6. The van der Waals surface area contributed by atoms with Crippen molar-refractivity contribution in [3.05, 3.63) is 70.8 Å². The Bertz CT molecular complexity index is 759. The molecule has 2 aromatic carbocycles. The number of carboxylic acids is 1. The number of rotatable bonds is 2. The normalized spacial score (nSPS) is 13.2. The van der Waals surface area contributed by atoms with Crippen LogP contribution in [0.15, 0.2) is 48.5 Å². The second-order valence-corrected chi connectivity index (χ2v) is 4.70. The van der Waals surface area contributed by atoms with Crippen LogP contribution in [0.5, 0.6) is 5.75 Å². The van der Waals surface area contributed by atoms with Crippen LogP contribution in [-0.4, -0.2) is 16.9 Å². The monoisotopic (exact) mass is 280 g/mol. The van der Waals surface area contributed by atoms with E-state index in [1.54, 1.807) is 24.3 Å². The predicted octanol–water partition coefficient (Wildman–Crippen LogP) is 2.91. The van der Waals surface area contributed by atoms with Gasteiger partial charge in [-0.25, -0.2) is 4.79 Å². The summed E-state index contributed by atoms with van der Waals surface area (Å²) in [4.78, 5) is 23.2. The van der Waals surface area contributed by atoms with Gasteiger partial charge in [-0.2, -0.15) is 0 Å². The summed E-state index contributed by atoms with van der Waals surface area (Å²) >= 11 is 0. The molecule has 0 aromatic heterocycles. The molecule has 1 N–H and O–H groups in total. The molecule has 0 bridgehead atoms. The molecule has 0 fully saturated rings. The molecule has 1 aliphatic heterocycles. The van der Waals surface area contributed by atoms with E-state index in [4.69, 9.17) is 9.84 Å². The maximum Gasteiger partial charge on any atom is 0.328 e. The Balaban J connectivity index is 2.06. The molecule has 4 heteroatoms. The van der Waals surface area contributed by atoms with E-state index in [0.717, 1.165) is 11.6 Å². The molecular formula is C17H12O4. The van der Waals surface area contributed by atoms with Crippen LogP contribution in [0.25, 0.3) is 6.08 Å². The van der Waals surface area contributed by atoms with Crippen molar-refractivity contribution in [1.29, 1.82) is 0 Å². The highest BCUT2D eigenvalue weighted by Crippen LogP contribution is 2.29. The largest absolute Gasteiger partial charge is 0.488 e. The summed E-state index contributed by atoms with van der Waals surface area (Å²) in [6, 6.07) is 12.4. The molecule has 0 amide bonds. The number of ketones is 1. The lowest BCUT2D eigenvalue weighted by atomic mass is 9.98. The van der Waals surface area contributed by atoms with Crippen LogP contribution in [0.1, 0.15) is 27.0 Å². The molecule has 0 saturated carbocycles.